The van der Waals surface area contributed by atoms with Gasteiger partial charge in [-0.3, -0.25) is 4.99 Å². The number of hydrogen-bond donors (Lipinski definition) is 3. The Bertz CT molecular complexity index is 553. The van der Waals surface area contributed by atoms with Crippen LogP contribution in [0, 0.1) is 11.8 Å². The number of nitrogens with zero attached hydrogens (tertiary/aromatic N) is 2. The molecule has 5 heteroatoms. The summed E-state index contributed by atoms with van der Waals surface area (Å²) < 4.78 is 0. The van der Waals surface area contributed by atoms with E-state index in [1.54, 1.807) is 0 Å². The molecule has 0 spiro atoms. The highest BCUT2D eigenvalue weighted by Crippen LogP contribution is 2.21. The van der Waals surface area contributed by atoms with E-state index in [0.717, 1.165) is 42.9 Å². The summed E-state index contributed by atoms with van der Waals surface area (Å²) >= 11 is 0. The molecule has 5 nitrogen and oxygen atoms in total. The molecule has 3 atom stereocenters. The van der Waals surface area contributed by atoms with Gasteiger partial charge in [0.25, 0.3) is 0 Å². The number of guanidine groups is 1. The number of aliphatic hydroxyl groups is 1. The molecule has 1 heterocycles. The number of hydrogen-bond acceptors (Lipinski definition) is 3. The van der Waals surface area contributed by atoms with Crippen molar-refractivity contribution in [1.29, 1.82) is 0 Å². The number of nitrogens with one attached hydrogen (secondary N) is 2. The maximum absolute atomic E-state index is 9.71. The second-order valence-corrected chi connectivity index (χ2v) is 8.35. The average molecular weight is 389 g/mol. The third-order valence-electron chi connectivity index (χ3n) is 5.44. The van der Waals surface area contributed by atoms with Crippen molar-refractivity contribution in [2.24, 2.45) is 16.8 Å². The number of likely N-dealkylation sites (tertiary alicyclic amines) is 1. The van der Waals surface area contributed by atoms with Crippen LogP contribution in [0.3, 0.4) is 0 Å². The zero-order valence-corrected chi connectivity index (χ0v) is 18.0. The molecular formula is C23H40N4O. The van der Waals surface area contributed by atoms with Crippen LogP contribution in [0.5, 0.6) is 0 Å². The SMILES string of the molecule is CCNC(=NCC(CO)c1ccccc1)NCCCCN1CC(C)CC(C)C1. The van der Waals surface area contributed by atoms with Gasteiger partial charge in [-0.05, 0) is 50.1 Å². The van der Waals surface area contributed by atoms with Gasteiger partial charge >= 0.3 is 0 Å². The van der Waals surface area contributed by atoms with Crippen LogP contribution in [0.25, 0.3) is 0 Å². The highest BCUT2D eigenvalue weighted by Gasteiger charge is 2.20. The largest absolute Gasteiger partial charge is 0.396 e. The molecule has 0 aliphatic carbocycles. The van der Waals surface area contributed by atoms with Gasteiger partial charge in [0.05, 0.1) is 13.2 Å². The summed E-state index contributed by atoms with van der Waals surface area (Å²) in [4.78, 5) is 7.32. The van der Waals surface area contributed by atoms with Crippen molar-refractivity contribution in [3.8, 4) is 0 Å². The highest BCUT2D eigenvalue weighted by atomic mass is 16.3. The van der Waals surface area contributed by atoms with Gasteiger partial charge < -0.3 is 20.6 Å². The third-order valence-corrected chi connectivity index (χ3v) is 5.44. The summed E-state index contributed by atoms with van der Waals surface area (Å²) in [5.74, 6) is 2.55. The fourth-order valence-corrected chi connectivity index (χ4v) is 4.18. The Morgan fingerprint density at radius 2 is 1.86 bits per heavy atom. The van der Waals surface area contributed by atoms with E-state index in [2.05, 4.69) is 48.4 Å². The van der Waals surface area contributed by atoms with E-state index >= 15 is 0 Å². The molecular weight excluding hydrogens is 348 g/mol. The zero-order chi connectivity index (χ0) is 20.2. The summed E-state index contributed by atoms with van der Waals surface area (Å²) in [6.07, 6.45) is 3.74. The Morgan fingerprint density at radius 3 is 2.50 bits per heavy atom. The quantitative estimate of drug-likeness (QED) is 0.327. The third kappa shape index (κ3) is 8.19. The van der Waals surface area contributed by atoms with E-state index in [9.17, 15) is 5.11 Å². The molecule has 0 amide bonds. The van der Waals surface area contributed by atoms with Crippen LogP contribution in [-0.2, 0) is 0 Å². The average Bonchev–Trinajstić information content (AvgIpc) is 2.68. The molecule has 1 aromatic carbocycles. The molecule has 3 unspecified atom stereocenters. The van der Waals surface area contributed by atoms with Gasteiger partial charge in [-0.15, -0.1) is 0 Å². The number of rotatable bonds is 10. The zero-order valence-electron chi connectivity index (χ0n) is 18.0. The molecule has 3 N–H and O–H groups in total. The molecule has 1 aliphatic rings. The summed E-state index contributed by atoms with van der Waals surface area (Å²) in [7, 11) is 0. The van der Waals surface area contributed by atoms with Crippen LogP contribution in [-0.4, -0.2) is 61.8 Å². The minimum Gasteiger partial charge on any atom is -0.396 e. The Balaban J connectivity index is 1.72. The normalized spacial score (nSPS) is 22.1. The lowest BCUT2D eigenvalue weighted by atomic mass is 9.92. The summed E-state index contributed by atoms with van der Waals surface area (Å²) in [6, 6.07) is 10.1. The Labute approximate surface area is 171 Å². The molecule has 1 saturated heterocycles. The number of unbranched alkanes of at least 4 members (excludes halogenated alkanes) is 1. The number of benzene rings is 1. The fraction of sp³-hybridized carbons (Fsp3) is 0.696. The molecule has 0 bridgehead atoms. The standard InChI is InChI=1S/C23H40N4O/c1-4-24-23(26-15-22(18-28)21-10-6-5-7-11-21)25-12-8-9-13-27-16-19(2)14-20(3)17-27/h5-7,10-11,19-20,22,28H,4,8-9,12-18H2,1-3H3,(H2,24,25,26). The van der Waals surface area contributed by atoms with Gasteiger partial charge in [-0.2, -0.15) is 0 Å². The number of piperidine rings is 1. The van der Waals surface area contributed by atoms with E-state index in [1.807, 2.05) is 18.2 Å². The predicted molar refractivity (Wildman–Crippen MR) is 119 cm³/mol. The molecule has 0 saturated carbocycles. The van der Waals surface area contributed by atoms with Crippen LogP contribution in [0.4, 0.5) is 0 Å². The van der Waals surface area contributed by atoms with E-state index in [1.165, 1.54) is 32.5 Å². The van der Waals surface area contributed by atoms with E-state index in [0.29, 0.717) is 6.54 Å². The van der Waals surface area contributed by atoms with Gasteiger partial charge in [0.2, 0.25) is 0 Å². The Kier molecular flexibility index (Phi) is 10.4. The second kappa shape index (κ2) is 12.8. The van der Waals surface area contributed by atoms with Crippen molar-refractivity contribution in [1.82, 2.24) is 15.5 Å². The molecule has 1 fully saturated rings. The Hall–Kier alpha value is -1.59. The van der Waals surface area contributed by atoms with E-state index in [-0.39, 0.29) is 12.5 Å². The molecule has 158 valence electrons. The molecule has 1 aliphatic heterocycles. The van der Waals surface area contributed by atoms with Crippen molar-refractivity contribution in [3.05, 3.63) is 35.9 Å². The van der Waals surface area contributed by atoms with Crippen molar-refractivity contribution < 1.29 is 5.11 Å². The van der Waals surface area contributed by atoms with Crippen LogP contribution in [0.1, 0.15) is 51.5 Å². The first-order valence-electron chi connectivity index (χ1n) is 11.0. The van der Waals surface area contributed by atoms with Crippen molar-refractivity contribution >= 4 is 5.96 Å². The van der Waals surface area contributed by atoms with Gasteiger partial charge in [0, 0.05) is 32.1 Å². The van der Waals surface area contributed by atoms with Gasteiger partial charge in [-0.25, -0.2) is 0 Å². The minimum atomic E-state index is 0.0414. The van der Waals surface area contributed by atoms with E-state index < -0.39 is 0 Å². The maximum Gasteiger partial charge on any atom is 0.191 e. The fourth-order valence-electron chi connectivity index (χ4n) is 4.18. The second-order valence-electron chi connectivity index (χ2n) is 8.35. The molecule has 0 radical (unpaired) electrons. The van der Waals surface area contributed by atoms with Gasteiger partial charge in [0.1, 0.15) is 0 Å². The summed E-state index contributed by atoms with van der Waals surface area (Å²) in [5, 5.41) is 16.5. The topological polar surface area (TPSA) is 59.9 Å². The Morgan fingerprint density at radius 1 is 1.14 bits per heavy atom. The maximum atomic E-state index is 9.71. The van der Waals surface area contributed by atoms with Crippen molar-refractivity contribution in [2.75, 3.05) is 45.9 Å². The van der Waals surface area contributed by atoms with Crippen LogP contribution in [0.15, 0.2) is 35.3 Å². The lowest BCUT2D eigenvalue weighted by molar-refractivity contribution is 0.139. The molecule has 1 aromatic rings. The van der Waals surface area contributed by atoms with Crippen LogP contribution < -0.4 is 10.6 Å². The van der Waals surface area contributed by atoms with Gasteiger partial charge in [-0.1, -0.05) is 44.2 Å². The molecule has 0 aromatic heterocycles. The number of aliphatic hydroxyl groups excluding tert-OH is 1. The smallest absolute Gasteiger partial charge is 0.191 e. The highest BCUT2D eigenvalue weighted by molar-refractivity contribution is 5.79. The number of aliphatic imine (C=N–C) groups is 1. The van der Waals surface area contributed by atoms with Crippen LogP contribution >= 0.6 is 0 Å². The predicted octanol–water partition coefficient (Wildman–Crippen LogP) is 3.08. The summed E-state index contributed by atoms with van der Waals surface area (Å²) in [6.45, 7) is 13.0. The first-order chi connectivity index (χ1) is 13.6. The molecule has 2 rings (SSSR count). The molecule has 28 heavy (non-hydrogen) atoms. The van der Waals surface area contributed by atoms with Crippen molar-refractivity contribution in [2.45, 2.75) is 46.0 Å². The van der Waals surface area contributed by atoms with E-state index in [4.69, 9.17) is 4.99 Å². The first kappa shape index (κ1) is 22.7. The lowest BCUT2D eigenvalue weighted by Crippen LogP contribution is -2.40. The summed E-state index contributed by atoms with van der Waals surface area (Å²) in [5.41, 5.74) is 1.13. The lowest BCUT2D eigenvalue weighted by Gasteiger charge is -2.34. The minimum absolute atomic E-state index is 0.0414. The van der Waals surface area contributed by atoms with Crippen LogP contribution in [0.2, 0.25) is 0 Å². The van der Waals surface area contributed by atoms with Crippen molar-refractivity contribution in [3.63, 3.8) is 0 Å². The van der Waals surface area contributed by atoms with Gasteiger partial charge in [0.15, 0.2) is 5.96 Å². The monoisotopic (exact) mass is 388 g/mol. The first-order valence-corrected chi connectivity index (χ1v) is 11.0.